The van der Waals surface area contributed by atoms with Gasteiger partial charge in [-0.2, -0.15) is 0 Å². The molecule has 0 saturated heterocycles. The second-order valence-electron chi connectivity index (χ2n) is 4.73. The fourth-order valence-corrected chi connectivity index (χ4v) is 2.77. The van der Waals surface area contributed by atoms with Gasteiger partial charge in [-0.15, -0.1) is 0 Å². The van der Waals surface area contributed by atoms with Crippen LogP contribution in [0.4, 0.5) is 5.69 Å². The predicted octanol–water partition coefficient (Wildman–Crippen LogP) is 4.74. The van der Waals surface area contributed by atoms with Gasteiger partial charge in [0, 0.05) is 38.9 Å². The van der Waals surface area contributed by atoms with Crippen LogP contribution in [-0.4, -0.2) is 18.0 Å². The third-order valence-corrected chi connectivity index (χ3v) is 3.69. The number of hydrogen-bond donors (Lipinski definition) is 2. The summed E-state index contributed by atoms with van der Waals surface area (Å²) in [5.41, 5.74) is 1.91. The van der Waals surface area contributed by atoms with Crippen molar-refractivity contribution in [1.82, 2.24) is 4.98 Å². The third kappa shape index (κ3) is 2.89. The van der Waals surface area contributed by atoms with Crippen LogP contribution in [0.15, 0.2) is 42.6 Å². The van der Waals surface area contributed by atoms with Crippen LogP contribution in [0.2, 0.25) is 10.0 Å². The van der Waals surface area contributed by atoms with Gasteiger partial charge in [0.2, 0.25) is 0 Å². The van der Waals surface area contributed by atoms with Crippen molar-refractivity contribution in [2.75, 3.05) is 12.4 Å². The average Bonchev–Trinajstić information content (AvgIpc) is 2.88. The number of halogens is 2. The molecule has 1 heterocycles. The van der Waals surface area contributed by atoms with Gasteiger partial charge in [-0.3, -0.25) is 4.79 Å². The number of methoxy groups -OCH3 is 1. The molecular formula is C16H12Cl2N2O2. The lowest BCUT2D eigenvalue weighted by atomic mass is 10.1. The molecule has 0 atom stereocenters. The number of aromatic amines is 1. The first-order chi connectivity index (χ1) is 10.6. The molecule has 0 aliphatic heterocycles. The first-order valence-electron chi connectivity index (χ1n) is 6.49. The van der Waals surface area contributed by atoms with Crippen molar-refractivity contribution >= 4 is 45.7 Å². The highest BCUT2D eigenvalue weighted by Crippen LogP contribution is 2.26. The molecular weight excluding hydrogens is 323 g/mol. The smallest absolute Gasteiger partial charge is 0.257 e. The maximum Gasteiger partial charge on any atom is 0.257 e. The number of H-pyrrole nitrogens is 1. The number of hydrogen-bond acceptors (Lipinski definition) is 2. The minimum atomic E-state index is -0.241. The van der Waals surface area contributed by atoms with Crippen molar-refractivity contribution in [3.63, 3.8) is 0 Å². The monoisotopic (exact) mass is 334 g/mol. The van der Waals surface area contributed by atoms with Gasteiger partial charge in [0.25, 0.3) is 5.91 Å². The Kier molecular flexibility index (Phi) is 3.96. The summed E-state index contributed by atoms with van der Waals surface area (Å²) >= 11 is 11.9. The molecule has 0 saturated carbocycles. The molecule has 0 radical (unpaired) electrons. The van der Waals surface area contributed by atoms with Gasteiger partial charge in [-0.1, -0.05) is 23.2 Å². The Morgan fingerprint density at radius 1 is 1.14 bits per heavy atom. The zero-order chi connectivity index (χ0) is 15.7. The normalized spacial score (nSPS) is 10.7. The molecule has 0 unspecified atom stereocenters. The van der Waals surface area contributed by atoms with Crippen LogP contribution in [-0.2, 0) is 0 Å². The van der Waals surface area contributed by atoms with Crippen molar-refractivity contribution in [3.8, 4) is 5.75 Å². The van der Waals surface area contributed by atoms with Crippen LogP contribution in [0.5, 0.6) is 5.75 Å². The molecule has 0 bridgehead atoms. The van der Waals surface area contributed by atoms with Crippen LogP contribution < -0.4 is 10.1 Å². The third-order valence-electron chi connectivity index (χ3n) is 3.25. The van der Waals surface area contributed by atoms with Gasteiger partial charge in [-0.25, -0.2) is 0 Å². The van der Waals surface area contributed by atoms with Gasteiger partial charge in [0.05, 0.1) is 12.7 Å². The summed E-state index contributed by atoms with van der Waals surface area (Å²) in [5.74, 6) is 0.484. The number of fused-ring (bicyclic) bond motifs is 1. The molecule has 3 rings (SSSR count). The number of benzene rings is 2. The highest BCUT2D eigenvalue weighted by molar-refractivity contribution is 6.35. The van der Waals surface area contributed by atoms with E-state index in [0.29, 0.717) is 21.3 Å². The molecule has 0 fully saturated rings. The van der Waals surface area contributed by atoms with E-state index < -0.39 is 0 Å². The van der Waals surface area contributed by atoms with Crippen LogP contribution in [0.1, 0.15) is 10.4 Å². The molecule has 2 aromatic carbocycles. The van der Waals surface area contributed by atoms with E-state index in [2.05, 4.69) is 10.3 Å². The van der Waals surface area contributed by atoms with E-state index in [1.807, 2.05) is 18.2 Å². The summed E-state index contributed by atoms with van der Waals surface area (Å²) in [7, 11) is 1.60. The summed E-state index contributed by atoms with van der Waals surface area (Å²) in [6.07, 6.45) is 1.66. The van der Waals surface area contributed by atoms with Crippen LogP contribution in [0, 0.1) is 0 Å². The summed E-state index contributed by atoms with van der Waals surface area (Å²) in [6, 6.07) is 10.4. The number of rotatable bonds is 3. The summed E-state index contributed by atoms with van der Waals surface area (Å²) in [6.45, 7) is 0. The van der Waals surface area contributed by atoms with E-state index in [1.54, 1.807) is 31.5 Å². The van der Waals surface area contributed by atoms with E-state index in [4.69, 9.17) is 27.9 Å². The average molecular weight is 335 g/mol. The van der Waals surface area contributed by atoms with Crippen molar-refractivity contribution in [2.24, 2.45) is 0 Å². The summed E-state index contributed by atoms with van der Waals surface area (Å²) < 4.78 is 5.16. The minimum absolute atomic E-state index is 0.241. The first kappa shape index (κ1) is 14.8. The Morgan fingerprint density at radius 3 is 2.55 bits per heavy atom. The van der Waals surface area contributed by atoms with E-state index in [1.165, 1.54) is 0 Å². The number of ether oxygens (including phenoxy) is 1. The maximum absolute atomic E-state index is 12.4. The zero-order valence-corrected chi connectivity index (χ0v) is 13.1. The molecule has 6 heteroatoms. The van der Waals surface area contributed by atoms with Crippen LogP contribution >= 0.6 is 23.2 Å². The molecule has 2 N–H and O–H groups in total. The van der Waals surface area contributed by atoms with Crippen molar-refractivity contribution in [2.45, 2.75) is 0 Å². The van der Waals surface area contributed by atoms with E-state index in [9.17, 15) is 4.79 Å². The first-order valence-corrected chi connectivity index (χ1v) is 7.25. The second-order valence-corrected chi connectivity index (χ2v) is 5.60. The number of carbonyl (C=O) groups excluding carboxylic acids is 1. The van der Waals surface area contributed by atoms with Crippen molar-refractivity contribution in [3.05, 3.63) is 58.2 Å². The Balaban J connectivity index is 1.92. The van der Waals surface area contributed by atoms with Crippen LogP contribution in [0.25, 0.3) is 10.9 Å². The lowest BCUT2D eigenvalue weighted by Crippen LogP contribution is -2.11. The number of carbonyl (C=O) groups is 1. The van der Waals surface area contributed by atoms with E-state index in [0.717, 1.165) is 16.7 Å². The molecule has 1 aromatic heterocycles. The molecule has 22 heavy (non-hydrogen) atoms. The molecule has 112 valence electrons. The molecule has 0 spiro atoms. The Hall–Kier alpha value is -2.17. The quantitative estimate of drug-likeness (QED) is 0.727. The van der Waals surface area contributed by atoms with Gasteiger partial charge in [-0.05, 0) is 30.3 Å². The second kappa shape index (κ2) is 5.91. The largest absolute Gasteiger partial charge is 0.497 e. The van der Waals surface area contributed by atoms with E-state index in [-0.39, 0.29) is 5.91 Å². The lowest BCUT2D eigenvalue weighted by molar-refractivity contribution is 0.102. The van der Waals surface area contributed by atoms with Gasteiger partial charge in [0.15, 0.2) is 0 Å². The number of nitrogens with one attached hydrogen (secondary N) is 2. The number of amides is 1. The topological polar surface area (TPSA) is 54.1 Å². The maximum atomic E-state index is 12.4. The molecule has 3 aromatic rings. The number of anilines is 1. The fourth-order valence-electron chi connectivity index (χ4n) is 2.24. The Morgan fingerprint density at radius 2 is 1.86 bits per heavy atom. The van der Waals surface area contributed by atoms with Gasteiger partial charge in [0.1, 0.15) is 5.75 Å². The standard InChI is InChI=1S/C16H12Cl2N2O2/c1-22-12-2-3-13-14(8-19-15(13)7-12)16(21)20-11-5-9(17)4-10(18)6-11/h2-8,19H,1H3,(H,20,21). The number of aromatic nitrogens is 1. The molecule has 0 aliphatic rings. The highest BCUT2D eigenvalue weighted by Gasteiger charge is 2.13. The fraction of sp³-hybridized carbons (Fsp3) is 0.0625. The molecule has 1 amide bonds. The van der Waals surface area contributed by atoms with Gasteiger partial charge >= 0.3 is 0 Å². The molecule has 4 nitrogen and oxygen atoms in total. The lowest BCUT2D eigenvalue weighted by Gasteiger charge is -2.06. The van der Waals surface area contributed by atoms with Gasteiger partial charge < -0.3 is 15.0 Å². The van der Waals surface area contributed by atoms with Crippen LogP contribution in [0.3, 0.4) is 0 Å². The van der Waals surface area contributed by atoms with E-state index >= 15 is 0 Å². The SMILES string of the molecule is COc1ccc2c(C(=O)Nc3cc(Cl)cc(Cl)c3)c[nH]c2c1. The summed E-state index contributed by atoms with van der Waals surface area (Å²) in [4.78, 5) is 15.5. The summed E-state index contributed by atoms with van der Waals surface area (Å²) in [5, 5.41) is 4.53. The molecule has 0 aliphatic carbocycles. The minimum Gasteiger partial charge on any atom is -0.497 e. The Bertz CT molecular complexity index is 838. The van der Waals surface area contributed by atoms with Crippen molar-refractivity contribution < 1.29 is 9.53 Å². The predicted molar refractivity (Wildman–Crippen MR) is 89.3 cm³/mol. The highest BCUT2D eigenvalue weighted by atomic mass is 35.5. The zero-order valence-electron chi connectivity index (χ0n) is 11.6. The Labute approximate surface area is 137 Å². The van der Waals surface area contributed by atoms with Crippen molar-refractivity contribution in [1.29, 1.82) is 0 Å².